The topological polar surface area (TPSA) is 27.5 Å². The second kappa shape index (κ2) is 4.51. The number of rotatable bonds is 3. The predicted molar refractivity (Wildman–Crippen MR) is 62.8 cm³/mol. The first kappa shape index (κ1) is 12.4. The highest BCUT2D eigenvalue weighted by Crippen LogP contribution is 2.36. The number of nitrogens with zero attached hydrogens (tertiary/aromatic N) is 2. The van der Waals surface area contributed by atoms with Crippen LogP contribution in [0.5, 0.6) is 0 Å². The van der Waals surface area contributed by atoms with Crippen molar-refractivity contribution in [2.24, 2.45) is 0 Å². The Hall–Kier alpha value is -0.590. The highest BCUT2D eigenvalue weighted by atomic mass is 19.3. The molecule has 2 saturated heterocycles. The average Bonchev–Trinajstić information content (AvgIpc) is 2.57. The molecule has 0 spiro atoms. The minimum Gasteiger partial charge on any atom is -0.352 e. The number of hydrogen-bond acceptors (Lipinski definition) is 3. The average molecular weight is 260 g/mol. The number of hydrazine groups is 1. The molecule has 0 radical (unpaired) electrons. The second-order valence-corrected chi connectivity index (χ2v) is 5.37. The van der Waals surface area contributed by atoms with Gasteiger partial charge in [-0.15, -0.1) is 0 Å². The van der Waals surface area contributed by atoms with Crippen molar-refractivity contribution in [1.29, 1.82) is 0 Å². The van der Waals surface area contributed by atoms with Crippen LogP contribution in [0.25, 0.3) is 0 Å². The summed E-state index contributed by atoms with van der Waals surface area (Å²) in [6.45, 7) is 4.45. The number of fused-ring (bicyclic) bond motifs is 1. The van der Waals surface area contributed by atoms with E-state index in [-0.39, 0.29) is 6.42 Å². The van der Waals surface area contributed by atoms with Gasteiger partial charge < -0.3 is 4.74 Å². The van der Waals surface area contributed by atoms with Crippen molar-refractivity contribution in [2.75, 3.05) is 19.6 Å². The molecule has 102 valence electrons. The summed E-state index contributed by atoms with van der Waals surface area (Å²) < 4.78 is 34.8. The lowest BCUT2D eigenvalue weighted by atomic mass is 10.1. The number of piperazine rings is 1. The lowest BCUT2D eigenvalue weighted by molar-refractivity contribution is -0.599. The fourth-order valence-corrected chi connectivity index (χ4v) is 2.96. The molecule has 0 aromatic rings. The van der Waals surface area contributed by atoms with Crippen molar-refractivity contribution in [2.45, 2.75) is 50.5 Å². The van der Waals surface area contributed by atoms with Gasteiger partial charge in [-0.05, 0) is 6.42 Å². The van der Waals surface area contributed by atoms with Gasteiger partial charge in [0.05, 0.1) is 25.9 Å². The molecule has 0 saturated carbocycles. The van der Waals surface area contributed by atoms with Gasteiger partial charge in [-0.2, -0.15) is 0 Å². The molecule has 3 unspecified atom stereocenters. The van der Waals surface area contributed by atoms with E-state index in [1.165, 1.54) is 0 Å². The SMILES string of the molecule is CCC1OC(NN2CC[N+]3=CCC3C2)CC1(F)F. The molecule has 0 aromatic heterocycles. The number of ether oxygens (including phenoxy) is 1. The molecule has 3 aliphatic rings. The van der Waals surface area contributed by atoms with Crippen LogP contribution in [0.3, 0.4) is 0 Å². The first-order valence-corrected chi connectivity index (χ1v) is 6.72. The van der Waals surface area contributed by atoms with Gasteiger partial charge in [0.2, 0.25) is 0 Å². The lowest BCUT2D eigenvalue weighted by Crippen LogP contribution is -2.59. The lowest BCUT2D eigenvalue weighted by Gasteiger charge is -2.35. The summed E-state index contributed by atoms with van der Waals surface area (Å²) in [5.41, 5.74) is 3.11. The molecule has 4 nitrogen and oxygen atoms in total. The normalized spacial score (nSPS) is 39.1. The van der Waals surface area contributed by atoms with Crippen LogP contribution in [0.15, 0.2) is 0 Å². The molecule has 1 N–H and O–H groups in total. The molecule has 3 rings (SSSR count). The van der Waals surface area contributed by atoms with E-state index in [1.54, 1.807) is 6.92 Å². The van der Waals surface area contributed by atoms with Crippen LogP contribution >= 0.6 is 0 Å². The monoisotopic (exact) mass is 260 g/mol. The van der Waals surface area contributed by atoms with E-state index < -0.39 is 18.3 Å². The van der Waals surface area contributed by atoms with Gasteiger partial charge in [0.15, 0.2) is 12.6 Å². The predicted octanol–water partition coefficient (Wildman–Crippen LogP) is 0.823. The van der Waals surface area contributed by atoms with Crippen LogP contribution in [0, 0.1) is 0 Å². The Kier molecular flexibility index (Phi) is 3.11. The minimum atomic E-state index is -2.70. The molecule has 3 heterocycles. The zero-order valence-corrected chi connectivity index (χ0v) is 10.6. The maximum Gasteiger partial charge on any atom is 0.277 e. The highest BCUT2D eigenvalue weighted by molar-refractivity contribution is 5.56. The number of nitrogens with one attached hydrogen (secondary N) is 1. The van der Waals surface area contributed by atoms with Gasteiger partial charge in [-0.3, -0.25) is 0 Å². The van der Waals surface area contributed by atoms with Crippen molar-refractivity contribution in [3.63, 3.8) is 0 Å². The highest BCUT2D eigenvalue weighted by Gasteiger charge is 2.50. The number of halogens is 2. The first-order valence-electron chi connectivity index (χ1n) is 6.72. The zero-order chi connectivity index (χ0) is 12.8. The molecule has 0 amide bonds. The number of alkyl halides is 2. The van der Waals surface area contributed by atoms with Crippen molar-refractivity contribution in [1.82, 2.24) is 10.4 Å². The fourth-order valence-electron chi connectivity index (χ4n) is 2.96. The van der Waals surface area contributed by atoms with Crippen LogP contribution in [-0.2, 0) is 4.74 Å². The molecule has 2 fully saturated rings. The van der Waals surface area contributed by atoms with E-state index in [2.05, 4.69) is 16.2 Å². The number of hydrogen-bond donors (Lipinski definition) is 1. The third-order valence-electron chi connectivity index (χ3n) is 4.09. The Morgan fingerprint density at radius 1 is 1.56 bits per heavy atom. The van der Waals surface area contributed by atoms with E-state index in [9.17, 15) is 8.78 Å². The summed E-state index contributed by atoms with van der Waals surface area (Å²) in [5.74, 6) is -2.70. The maximum absolute atomic E-state index is 13.6. The summed E-state index contributed by atoms with van der Waals surface area (Å²) in [6, 6.07) is 0.551. The second-order valence-electron chi connectivity index (χ2n) is 5.37. The Bertz CT molecular complexity index is 361. The standard InChI is InChI=1S/C12H20F2N3O/c1-2-10-12(13,14)7-11(18-10)15-17-6-5-16-4-3-9(16)8-17/h4,9-11,15H,2-3,5-8H2,1H3/q+1. The molecule has 0 bridgehead atoms. The molecule has 18 heavy (non-hydrogen) atoms. The molecular formula is C12H20F2N3O+. The Labute approximate surface area is 106 Å². The van der Waals surface area contributed by atoms with Gasteiger partial charge in [0.1, 0.15) is 18.5 Å². The third-order valence-corrected chi connectivity index (χ3v) is 4.09. The Morgan fingerprint density at radius 2 is 2.39 bits per heavy atom. The van der Waals surface area contributed by atoms with Crippen LogP contribution in [0.2, 0.25) is 0 Å². The first-order chi connectivity index (χ1) is 8.58. The summed E-state index contributed by atoms with van der Waals surface area (Å²) in [4.78, 5) is 0. The van der Waals surface area contributed by atoms with Crippen molar-refractivity contribution < 1.29 is 18.1 Å². The molecule has 0 aliphatic carbocycles. The van der Waals surface area contributed by atoms with Crippen LogP contribution < -0.4 is 5.43 Å². The van der Waals surface area contributed by atoms with Gasteiger partial charge >= 0.3 is 0 Å². The summed E-state index contributed by atoms with van der Waals surface area (Å²) >= 11 is 0. The van der Waals surface area contributed by atoms with Gasteiger partial charge in [0, 0.05) is 0 Å². The fraction of sp³-hybridized carbons (Fsp3) is 0.917. The van der Waals surface area contributed by atoms with Gasteiger partial charge in [0.25, 0.3) is 5.92 Å². The maximum atomic E-state index is 13.6. The van der Waals surface area contributed by atoms with Crippen LogP contribution in [-0.4, -0.2) is 59.7 Å². The van der Waals surface area contributed by atoms with Crippen LogP contribution in [0.1, 0.15) is 26.2 Å². The Morgan fingerprint density at radius 3 is 2.94 bits per heavy atom. The molecule has 3 aliphatic heterocycles. The molecule has 0 aromatic carbocycles. The Balaban J connectivity index is 1.53. The van der Waals surface area contributed by atoms with E-state index in [1.807, 2.05) is 5.01 Å². The summed E-state index contributed by atoms with van der Waals surface area (Å²) in [6.07, 6.45) is 1.96. The molecule has 3 atom stereocenters. The van der Waals surface area contributed by atoms with E-state index in [0.717, 1.165) is 26.1 Å². The minimum absolute atomic E-state index is 0.220. The van der Waals surface area contributed by atoms with E-state index in [4.69, 9.17) is 4.74 Å². The molecular weight excluding hydrogens is 240 g/mol. The molecule has 6 heteroatoms. The smallest absolute Gasteiger partial charge is 0.277 e. The van der Waals surface area contributed by atoms with Crippen molar-refractivity contribution in [3.05, 3.63) is 0 Å². The largest absolute Gasteiger partial charge is 0.352 e. The van der Waals surface area contributed by atoms with Crippen molar-refractivity contribution >= 4 is 6.21 Å². The summed E-state index contributed by atoms with van der Waals surface area (Å²) in [5, 5.41) is 2.03. The van der Waals surface area contributed by atoms with Gasteiger partial charge in [-0.1, -0.05) is 6.92 Å². The van der Waals surface area contributed by atoms with E-state index in [0.29, 0.717) is 12.5 Å². The van der Waals surface area contributed by atoms with Gasteiger partial charge in [-0.25, -0.2) is 23.8 Å². The third kappa shape index (κ3) is 2.17. The summed E-state index contributed by atoms with van der Waals surface area (Å²) in [7, 11) is 0. The van der Waals surface area contributed by atoms with Crippen molar-refractivity contribution in [3.8, 4) is 0 Å². The zero-order valence-electron chi connectivity index (χ0n) is 10.6. The van der Waals surface area contributed by atoms with Crippen LogP contribution in [0.4, 0.5) is 8.78 Å². The quantitative estimate of drug-likeness (QED) is 0.761. The van der Waals surface area contributed by atoms with E-state index >= 15 is 0 Å².